The van der Waals surface area contributed by atoms with Gasteiger partial charge in [0.2, 0.25) is 0 Å². The highest BCUT2D eigenvalue weighted by Gasteiger charge is 2.11. The molecule has 0 saturated carbocycles. The zero-order valence-corrected chi connectivity index (χ0v) is 17.3. The molecule has 2 rings (SSSR count). The van der Waals surface area contributed by atoms with E-state index in [0.29, 0.717) is 12.6 Å². The molecule has 0 aliphatic heterocycles. The maximum absolute atomic E-state index is 5.81. The number of ether oxygens (including phenoxy) is 1. The van der Waals surface area contributed by atoms with Gasteiger partial charge in [-0.25, -0.2) is 0 Å². The summed E-state index contributed by atoms with van der Waals surface area (Å²) in [6.45, 7) is 6.83. The van der Waals surface area contributed by atoms with Crippen molar-refractivity contribution in [3.8, 4) is 5.75 Å². The van der Waals surface area contributed by atoms with Crippen molar-refractivity contribution < 1.29 is 4.74 Å². The van der Waals surface area contributed by atoms with E-state index in [1.807, 2.05) is 32.0 Å². The molecule has 2 aromatic rings. The van der Waals surface area contributed by atoms with E-state index < -0.39 is 0 Å². The lowest BCUT2D eigenvalue weighted by Crippen LogP contribution is -2.18. The van der Waals surface area contributed by atoms with Crippen LogP contribution in [0.4, 0.5) is 0 Å². The molecule has 3 heteroatoms. The van der Waals surface area contributed by atoms with Gasteiger partial charge in [0.1, 0.15) is 12.4 Å². The molecule has 0 saturated heterocycles. The van der Waals surface area contributed by atoms with Gasteiger partial charge in [0.05, 0.1) is 0 Å². The SMILES string of the molecule is CC.CC[C@H](c1ccc(OCc2ccccc2)cc1)N(C)C.I. The lowest BCUT2D eigenvalue weighted by atomic mass is 10.0. The Balaban J connectivity index is 0.00000155. The summed E-state index contributed by atoms with van der Waals surface area (Å²) < 4.78 is 5.81. The summed E-state index contributed by atoms with van der Waals surface area (Å²) in [6.07, 6.45) is 1.11. The van der Waals surface area contributed by atoms with Crippen LogP contribution in [0.2, 0.25) is 0 Å². The predicted octanol–water partition coefficient (Wildman–Crippen LogP) is 5.92. The second kappa shape index (κ2) is 12.4. The van der Waals surface area contributed by atoms with E-state index in [1.54, 1.807) is 0 Å². The standard InChI is InChI=1S/C18H23NO.C2H6.HI/c1-4-18(19(2)3)16-10-12-17(13-11-16)20-14-15-8-6-5-7-9-15;1-2;/h5-13,18H,4,14H2,1-3H3;1-2H3;1H/t18-;;/m1../s1. The summed E-state index contributed by atoms with van der Waals surface area (Å²) in [6, 6.07) is 19.1. The van der Waals surface area contributed by atoms with Crippen LogP contribution < -0.4 is 4.74 Å². The van der Waals surface area contributed by atoms with E-state index >= 15 is 0 Å². The van der Waals surface area contributed by atoms with E-state index in [9.17, 15) is 0 Å². The zero-order valence-electron chi connectivity index (χ0n) is 15.0. The molecule has 0 aliphatic rings. The Morgan fingerprint density at radius 3 is 1.96 bits per heavy atom. The Hall–Kier alpha value is -1.07. The number of rotatable bonds is 6. The molecule has 0 fully saturated rings. The van der Waals surface area contributed by atoms with Crippen LogP contribution in [-0.2, 0) is 6.61 Å². The van der Waals surface area contributed by atoms with Crippen LogP contribution in [-0.4, -0.2) is 19.0 Å². The highest BCUT2D eigenvalue weighted by Crippen LogP contribution is 2.24. The van der Waals surface area contributed by atoms with Crippen LogP contribution in [0.25, 0.3) is 0 Å². The fourth-order valence-electron chi connectivity index (χ4n) is 2.43. The van der Waals surface area contributed by atoms with Gasteiger partial charge in [-0.1, -0.05) is 63.2 Å². The Bertz CT molecular complexity index is 511. The molecule has 128 valence electrons. The third kappa shape index (κ3) is 7.36. The molecular formula is C20H30INO. The molecule has 2 aromatic carbocycles. The second-order valence-electron chi connectivity index (χ2n) is 5.23. The van der Waals surface area contributed by atoms with Crippen molar-refractivity contribution in [1.29, 1.82) is 0 Å². The van der Waals surface area contributed by atoms with E-state index in [0.717, 1.165) is 12.2 Å². The molecule has 0 amide bonds. The third-order valence-corrected chi connectivity index (χ3v) is 3.52. The van der Waals surface area contributed by atoms with Crippen molar-refractivity contribution in [2.75, 3.05) is 14.1 Å². The van der Waals surface area contributed by atoms with Crippen molar-refractivity contribution in [2.24, 2.45) is 0 Å². The fraction of sp³-hybridized carbons (Fsp3) is 0.400. The molecule has 0 radical (unpaired) electrons. The Morgan fingerprint density at radius 1 is 0.913 bits per heavy atom. The molecular weight excluding hydrogens is 397 g/mol. The maximum atomic E-state index is 5.81. The number of nitrogens with zero attached hydrogens (tertiary/aromatic N) is 1. The fourth-order valence-corrected chi connectivity index (χ4v) is 2.43. The summed E-state index contributed by atoms with van der Waals surface area (Å²) in [5.74, 6) is 0.922. The van der Waals surface area contributed by atoms with Crippen LogP contribution in [0.15, 0.2) is 54.6 Å². The summed E-state index contributed by atoms with van der Waals surface area (Å²) in [5, 5.41) is 0. The monoisotopic (exact) mass is 427 g/mol. The Labute approximate surface area is 158 Å². The Kier molecular flexibility index (Phi) is 11.8. The first-order valence-electron chi connectivity index (χ1n) is 8.14. The lowest BCUT2D eigenvalue weighted by molar-refractivity contribution is 0.290. The maximum Gasteiger partial charge on any atom is 0.119 e. The largest absolute Gasteiger partial charge is 0.489 e. The highest BCUT2D eigenvalue weighted by molar-refractivity contribution is 14.0. The van der Waals surface area contributed by atoms with Crippen LogP contribution >= 0.6 is 24.0 Å². The van der Waals surface area contributed by atoms with Crippen LogP contribution in [0.1, 0.15) is 44.4 Å². The molecule has 0 bridgehead atoms. The molecule has 2 nitrogen and oxygen atoms in total. The quantitative estimate of drug-likeness (QED) is 0.531. The van der Waals surface area contributed by atoms with Crippen molar-refractivity contribution in [3.63, 3.8) is 0 Å². The van der Waals surface area contributed by atoms with Crippen LogP contribution in [0.3, 0.4) is 0 Å². The van der Waals surface area contributed by atoms with E-state index in [4.69, 9.17) is 4.74 Å². The summed E-state index contributed by atoms with van der Waals surface area (Å²) >= 11 is 0. The second-order valence-corrected chi connectivity index (χ2v) is 5.23. The first-order chi connectivity index (χ1) is 10.7. The molecule has 0 aliphatic carbocycles. The van der Waals surface area contributed by atoms with Gasteiger partial charge in [0.25, 0.3) is 0 Å². The smallest absolute Gasteiger partial charge is 0.119 e. The Morgan fingerprint density at radius 2 is 1.48 bits per heavy atom. The van der Waals surface area contributed by atoms with Gasteiger partial charge in [-0.05, 0) is 43.8 Å². The van der Waals surface area contributed by atoms with E-state index in [-0.39, 0.29) is 24.0 Å². The molecule has 1 atom stereocenters. The van der Waals surface area contributed by atoms with Crippen molar-refractivity contribution in [3.05, 3.63) is 65.7 Å². The minimum atomic E-state index is 0. The number of hydrogen-bond donors (Lipinski definition) is 0. The summed E-state index contributed by atoms with van der Waals surface area (Å²) in [5.41, 5.74) is 2.53. The minimum Gasteiger partial charge on any atom is -0.489 e. The molecule has 0 N–H and O–H groups in total. The number of hydrogen-bond acceptors (Lipinski definition) is 2. The van der Waals surface area contributed by atoms with Crippen molar-refractivity contribution >= 4 is 24.0 Å². The molecule has 0 aromatic heterocycles. The first-order valence-corrected chi connectivity index (χ1v) is 8.14. The van der Waals surface area contributed by atoms with Crippen LogP contribution in [0, 0.1) is 0 Å². The minimum absolute atomic E-state index is 0. The number of halogens is 1. The van der Waals surface area contributed by atoms with Crippen molar-refractivity contribution in [1.82, 2.24) is 4.90 Å². The molecule has 0 spiro atoms. The number of benzene rings is 2. The van der Waals surface area contributed by atoms with Gasteiger partial charge in [0, 0.05) is 6.04 Å². The van der Waals surface area contributed by atoms with Crippen molar-refractivity contribution in [2.45, 2.75) is 39.8 Å². The van der Waals surface area contributed by atoms with E-state index in [2.05, 4.69) is 62.3 Å². The normalized spacial score (nSPS) is 11.0. The average Bonchev–Trinajstić information content (AvgIpc) is 2.57. The van der Waals surface area contributed by atoms with Gasteiger partial charge in [-0.2, -0.15) is 0 Å². The highest BCUT2D eigenvalue weighted by atomic mass is 127. The van der Waals surface area contributed by atoms with Gasteiger partial charge in [-0.3, -0.25) is 0 Å². The summed E-state index contributed by atoms with van der Waals surface area (Å²) in [4.78, 5) is 2.25. The van der Waals surface area contributed by atoms with Gasteiger partial charge in [0.15, 0.2) is 0 Å². The topological polar surface area (TPSA) is 12.5 Å². The average molecular weight is 427 g/mol. The van der Waals surface area contributed by atoms with Gasteiger partial charge in [-0.15, -0.1) is 24.0 Å². The van der Waals surface area contributed by atoms with E-state index in [1.165, 1.54) is 11.1 Å². The predicted molar refractivity (Wildman–Crippen MR) is 111 cm³/mol. The summed E-state index contributed by atoms with van der Waals surface area (Å²) in [7, 11) is 4.24. The zero-order chi connectivity index (χ0) is 16.4. The molecule has 0 unspecified atom stereocenters. The van der Waals surface area contributed by atoms with Crippen LogP contribution in [0.5, 0.6) is 5.75 Å². The third-order valence-electron chi connectivity index (χ3n) is 3.52. The van der Waals surface area contributed by atoms with Gasteiger partial charge < -0.3 is 9.64 Å². The first kappa shape index (κ1) is 21.9. The lowest BCUT2D eigenvalue weighted by Gasteiger charge is -2.23. The molecule has 0 heterocycles. The van der Waals surface area contributed by atoms with Gasteiger partial charge >= 0.3 is 0 Å². The molecule has 23 heavy (non-hydrogen) atoms.